The van der Waals surface area contributed by atoms with Crippen molar-refractivity contribution in [2.24, 2.45) is 0 Å². The molecule has 0 heterocycles. The second-order valence-electron chi connectivity index (χ2n) is 2.41. The number of phenols is 1. The van der Waals surface area contributed by atoms with E-state index in [1.807, 2.05) is 17.4 Å². The molecule has 0 unspecified atom stereocenters. The number of quaternary nitrogens is 1. The van der Waals surface area contributed by atoms with Crippen molar-refractivity contribution < 1.29 is 23.6 Å². The zero-order chi connectivity index (χ0) is 11.0. The SMILES string of the molecule is FC(F)F.[CH2-][NH2+]Cc1ccc(O)cc1. The summed E-state index contributed by atoms with van der Waals surface area (Å²) < 4.78 is 29.0. The first kappa shape index (κ1) is 12.8. The third-order valence-corrected chi connectivity index (χ3v) is 1.32. The van der Waals surface area contributed by atoms with Crippen molar-refractivity contribution in [3.8, 4) is 5.75 Å². The Hall–Kier alpha value is -1.23. The van der Waals surface area contributed by atoms with Gasteiger partial charge in [-0.1, -0.05) is 0 Å². The van der Waals surface area contributed by atoms with Gasteiger partial charge in [-0.2, -0.15) is 20.2 Å². The van der Waals surface area contributed by atoms with Crippen LogP contribution in [0, 0.1) is 7.05 Å². The van der Waals surface area contributed by atoms with Crippen LogP contribution in [0.3, 0.4) is 0 Å². The van der Waals surface area contributed by atoms with E-state index in [1.54, 1.807) is 12.1 Å². The smallest absolute Gasteiger partial charge is 0.379 e. The van der Waals surface area contributed by atoms with Crippen molar-refractivity contribution in [2.45, 2.75) is 13.2 Å². The van der Waals surface area contributed by atoms with Crippen molar-refractivity contribution in [1.29, 1.82) is 0 Å². The maximum atomic E-state index is 9.67. The number of benzene rings is 1. The van der Waals surface area contributed by atoms with Crippen LogP contribution in [0.15, 0.2) is 24.3 Å². The summed E-state index contributed by atoms with van der Waals surface area (Å²) in [5, 5.41) is 10.7. The van der Waals surface area contributed by atoms with Crippen LogP contribution in [-0.2, 0) is 6.54 Å². The van der Waals surface area contributed by atoms with Gasteiger partial charge < -0.3 is 10.4 Å². The Balaban J connectivity index is 0.000000364. The van der Waals surface area contributed by atoms with Crippen molar-refractivity contribution in [1.82, 2.24) is 0 Å². The minimum Gasteiger partial charge on any atom is -0.508 e. The van der Waals surface area contributed by atoms with E-state index in [0.29, 0.717) is 5.75 Å². The molecule has 2 nitrogen and oxygen atoms in total. The number of aromatic hydroxyl groups is 1. The predicted molar refractivity (Wildman–Crippen MR) is 46.2 cm³/mol. The van der Waals surface area contributed by atoms with Gasteiger partial charge in [-0.15, -0.1) is 0 Å². The van der Waals surface area contributed by atoms with Gasteiger partial charge in [0.1, 0.15) is 5.75 Å². The second-order valence-corrected chi connectivity index (χ2v) is 2.41. The van der Waals surface area contributed by atoms with Crippen molar-refractivity contribution in [2.75, 3.05) is 0 Å². The summed E-state index contributed by atoms with van der Waals surface area (Å²) >= 11 is 0. The number of halogens is 3. The van der Waals surface area contributed by atoms with E-state index in [9.17, 15) is 13.2 Å². The zero-order valence-corrected chi connectivity index (χ0v) is 7.46. The highest BCUT2D eigenvalue weighted by Gasteiger charge is 1.89. The lowest BCUT2D eigenvalue weighted by Crippen LogP contribution is -2.74. The van der Waals surface area contributed by atoms with E-state index in [4.69, 9.17) is 5.11 Å². The predicted octanol–water partition coefficient (Wildman–Crippen LogP) is 1.43. The van der Waals surface area contributed by atoms with Crippen LogP contribution in [-0.4, -0.2) is 11.8 Å². The molecule has 1 rings (SSSR count). The van der Waals surface area contributed by atoms with E-state index < -0.39 is 6.68 Å². The van der Waals surface area contributed by atoms with E-state index in [0.717, 1.165) is 6.54 Å². The third kappa shape index (κ3) is 7.42. The molecule has 0 aliphatic rings. The second kappa shape index (κ2) is 7.20. The number of phenolic OH excluding ortho intramolecular Hbond substituents is 1. The molecule has 0 aromatic heterocycles. The molecule has 0 fully saturated rings. The van der Waals surface area contributed by atoms with Crippen molar-refractivity contribution in [3.63, 3.8) is 0 Å². The Labute approximate surface area is 80.4 Å². The monoisotopic (exact) mass is 207 g/mol. The number of nitrogens with two attached hydrogens (primary N) is 1. The molecule has 1 aromatic carbocycles. The van der Waals surface area contributed by atoms with Gasteiger partial charge in [-0.05, 0) is 24.3 Å². The Kier molecular flexibility index (Phi) is 6.57. The van der Waals surface area contributed by atoms with Crippen molar-refractivity contribution in [3.05, 3.63) is 36.9 Å². The Bertz CT molecular complexity index is 236. The van der Waals surface area contributed by atoms with Crippen molar-refractivity contribution >= 4 is 0 Å². The highest BCUT2D eigenvalue weighted by atomic mass is 19.4. The molecule has 3 N–H and O–H groups in total. The van der Waals surface area contributed by atoms with Gasteiger partial charge in [0.2, 0.25) is 0 Å². The Morgan fingerprint density at radius 1 is 1.21 bits per heavy atom. The number of rotatable bonds is 2. The van der Waals surface area contributed by atoms with Crippen LogP contribution in [0.2, 0.25) is 0 Å². The molecule has 0 radical (unpaired) electrons. The van der Waals surface area contributed by atoms with Crippen LogP contribution in [0.5, 0.6) is 5.75 Å². The molecular formula is C9H12F3NO. The standard InChI is InChI=1S/C8H11NO.CHF3/c1-9-6-7-2-4-8(10)5-3-7;2-1(3)4/h2-5,10H,1,6,9H2;1H. The fraction of sp³-hybridized carbons (Fsp3) is 0.222. The molecule has 14 heavy (non-hydrogen) atoms. The Morgan fingerprint density at radius 3 is 2.00 bits per heavy atom. The number of hydrogen-bond donors (Lipinski definition) is 2. The topological polar surface area (TPSA) is 36.8 Å². The zero-order valence-electron chi connectivity index (χ0n) is 7.46. The van der Waals surface area contributed by atoms with Crippen LogP contribution in [0.4, 0.5) is 13.2 Å². The third-order valence-electron chi connectivity index (χ3n) is 1.32. The van der Waals surface area contributed by atoms with Gasteiger partial charge in [0.25, 0.3) is 0 Å². The quantitative estimate of drug-likeness (QED) is 0.707. The van der Waals surface area contributed by atoms with Gasteiger partial charge >= 0.3 is 6.68 Å². The van der Waals surface area contributed by atoms with Gasteiger partial charge in [0.05, 0.1) is 6.54 Å². The largest absolute Gasteiger partial charge is 0.508 e. The first-order valence-electron chi connectivity index (χ1n) is 3.87. The fourth-order valence-corrected chi connectivity index (χ4v) is 0.799. The molecule has 0 bridgehead atoms. The summed E-state index contributed by atoms with van der Waals surface area (Å²) in [7, 11) is 3.62. The van der Waals surface area contributed by atoms with E-state index in [1.165, 1.54) is 5.56 Å². The minimum atomic E-state index is -3.67. The normalized spacial score (nSPS) is 9.50. The summed E-state index contributed by atoms with van der Waals surface area (Å²) in [4.78, 5) is 0. The molecule has 0 atom stereocenters. The summed E-state index contributed by atoms with van der Waals surface area (Å²) in [5.41, 5.74) is 1.17. The fourth-order valence-electron chi connectivity index (χ4n) is 0.799. The van der Waals surface area contributed by atoms with Crippen LogP contribution in [0.1, 0.15) is 5.56 Å². The van der Waals surface area contributed by atoms with Gasteiger partial charge in [0.15, 0.2) is 0 Å². The minimum absolute atomic E-state index is 0.313. The summed E-state index contributed by atoms with van der Waals surface area (Å²) in [5.74, 6) is 0.313. The lowest BCUT2D eigenvalue weighted by Gasteiger charge is -1.99. The lowest BCUT2D eigenvalue weighted by molar-refractivity contribution is -0.612. The lowest BCUT2D eigenvalue weighted by atomic mass is 10.2. The van der Waals surface area contributed by atoms with Gasteiger partial charge in [-0.3, -0.25) is 0 Å². The summed E-state index contributed by atoms with van der Waals surface area (Å²) in [6.45, 7) is -2.81. The molecule has 0 amide bonds. The highest BCUT2D eigenvalue weighted by molar-refractivity contribution is 5.25. The van der Waals surface area contributed by atoms with Crippen LogP contribution < -0.4 is 5.32 Å². The maximum absolute atomic E-state index is 9.67. The van der Waals surface area contributed by atoms with E-state index in [2.05, 4.69) is 7.05 Å². The molecule has 0 aliphatic carbocycles. The number of alkyl halides is 3. The average molecular weight is 207 g/mol. The van der Waals surface area contributed by atoms with Gasteiger partial charge in [0, 0.05) is 5.56 Å². The van der Waals surface area contributed by atoms with Crippen LogP contribution in [0.25, 0.3) is 0 Å². The van der Waals surface area contributed by atoms with E-state index >= 15 is 0 Å². The maximum Gasteiger partial charge on any atom is 0.379 e. The Morgan fingerprint density at radius 2 is 1.64 bits per heavy atom. The summed E-state index contributed by atoms with van der Waals surface area (Å²) in [6.07, 6.45) is 0. The molecule has 0 saturated carbocycles. The molecule has 0 saturated heterocycles. The summed E-state index contributed by atoms with van der Waals surface area (Å²) in [6, 6.07) is 7.13. The molecule has 0 aliphatic heterocycles. The molecule has 80 valence electrons. The van der Waals surface area contributed by atoms with E-state index in [-0.39, 0.29) is 0 Å². The number of hydrogen-bond acceptors (Lipinski definition) is 1. The first-order valence-corrected chi connectivity index (χ1v) is 3.87. The first-order chi connectivity index (χ1) is 6.56. The molecule has 5 heteroatoms. The van der Waals surface area contributed by atoms with Crippen LogP contribution >= 0.6 is 0 Å². The molecular weight excluding hydrogens is 195 g/mol. The van der Waals surface area contributed by atoms with Gasteiger partial charge in [-0.25, -0.2) is 0 Å². The molecule has 0 spiro atoms. The highest BCUT2D eigenvalue weighted by Crippen LogP contribution is 2.07. The average Bonchev–Trinajstić information content (AvgIpc) is 2.08. The molecule has 1 aromatic rings.